The molecule has 1 spiro atoms. The number of thioether (sulfide) groups is 2. The third kappa shape index (κ3) is 13.3. The van der Waals surface area contributed by atoms with Gasteiger partial charge in [0.05, 0.1) is 29.9 Å². The van der Waals surface area contributed by atoms with E-state index in [1.54, 1.807) is 65.8 Å². The van der Waals surface area contributed by atoms with Crippen molar-refractivity contribution < 1.29 is 43.0 Å². The van der Waals surface area contributed by atoms with Gasteiger partial charge in [0.25, 0.3) is 5.91 Å². The van der Waals surface area contributed by atoms with Crippen LogP contribution >= 0.6 is 23.5 Å². The first kappa shape index (κ1) is 46.9. The summed E-state index contributed by atoms with van der Waals surface area (Å²) in [4.78, 5) is 98.2. The number of likely N-dealkylation sites (tertiary alicyclic amines) is 1. The Bertz CT molecular complexity index is 1570. The molecule has 58 heavy (non-hydrogen) atoms. The molecule has 2 saturated heterocycles. The fraction of sp³-hybridized carbons (Fsp3) is 0.683. The second-order valence-corrected chi connectivity index (χ2v) is 18.9. The smallest absolute Gasteiger partial charge is 0.407 e. The molecule has 2 heterocycles. The summed E-state index contributed by atoms with van der Waals surface area (Å²) in [5, 5.41) is 10.7. The number of Topliss-reactive ketones (excluding diaryl/α,β-unsaturated/α-hetero) is 1. The quantitative estimate of drug-likeness (QED) is 0.149. The first-order valence-electron chi connectivity index (χ1n) is 20.5. The van der Waals surface area contributed by atoms with E-state index in [9.17, 15) is 33.6 Å². The number of amides is 6. The number of hydrogen-bond donors (Lipinski definition) is 4. The number of hydrogen-bond acceptors (Lipinski definition) is 11. The number of ether oxygens (including phenoxy) is 2. The molecule has 4 unspecified atom stereocenters. The van der Waals surface area contributed by atoms with Crippen LogP contribution in [0, 0.1) is 11.8 Å². The van der Waals surface area contributed by atoms with Crippen molar-refractivity contribution in [2.45, 2.75) is 107 Å². The third-order valence-corrected chi connectivity index (χ3v) is 14.0. The maximum Gasteiger partial charge on any atom is 0.407 e. The number of alkyl carbamates (subject to hydrolysis) is 1. The number of carbonyl (C=O) groups excluding carboxylic acids is 7. The van der Waals surface area contributed by atoms with Gasteiger partial charge in [-0.25, -0.2) is 4.79 Å². The molecule has 1 aliphatic carbocycles. The van der Waals surface area contributed by atoms with E-state index < -0.39 is 64.4 Å². The molecule has 1 saturated carbocycles. The van der Waals surface area contributed by atoms with Crippen LogP contribution in [0.4, 0.5) is 4.79 Å². The van der Waals surface area contributed by atoms with E-state index >= 15 is 0 Å². The average molecular weight is 847 g/mol. The zero-order chi connectivity index (χ0) is 42.2. The highest BCUT2D eigenvalue weighted by Crippen LogP contribution is 2.50. The van der Waals surface area contributed by atoms with E-state index in [1.807, 2.05) is 20.8 Å². The van der Waals surface area contributed by atoms with Gasteiger partial charge < -0.3 is 40.5 Å². The van der Waals surface area contributed by atoms with Crippen molar-refractivity contribution in [2.75, 3.05) is 58.5 Å². The summed E-state index contributed by atoms with van der Waals surface area (Å²) in [6.45, 7) is 6.17. The number of carbonyl (C=O) groups is 7. The largest absolute Gasteiger partial charge is 0.449 e. The van der Waals surface area contributed by atoms with Crippen molar-refractivity contribution in [3.05, 3.63) is 35.9 Å². The zero-order valence-corrected chi connectivity index (χ0v) is 36.2. The fourth-order valence-corrected chi connectivity index (χ4v) is 10.9. The Morgan fingerprint density at radius 2 is 1.64 bits per heavy atom. The maximum atomic E-state index is 14.6. The summed E-state index contributed by atoms with van der Waals surface area (Å²) in [5.41, 5.74) is 0.538. The van der Waals surface area contributed by atoms with Gasteiger partial charge in [-0.2, -0.15) is 0 Å². The number of benzene rings is 1. The highest BCUT2D eigenvalue weighted by atomic mass is 32.2. The molecule has 3 aliphatic rings. The van der Waals surface area contributed by atoms with E-state index in [-0.39, 0.29) is 36.7 Å². The molecule has 322 valence electrons. The first-order chi connectivity index (χ1) is 27.8. The van der Waals surface area contributed by atoms with Crippen LogP contribution in [-0.2, 0) is 38.2 Å². The molecule has 17 heteroatoms. The van der Waals surface area contributed by atoms with Crippen LogP contribution in [0.1, 0.15) is 90.2 Å². The van der Waals surface area contributed by atoms with E-state index in [4.69, 9.17) is 9.47 Å². The van der Waals surface area contributed by atoms with Gasteiger partial charge in [-0.05, 0) is 54.6 Å². The summed E-state index contributed by atoms with van der Waals surface area (Å²) in [5.74, 6) is -2.23. The fourth-order valence-electron chi connectivity index (χ4n) is 7.50. The van der Waals surface area contributed by atoms with Crippen molar-refractivity contribution >= 4 is 64.9 Å². The van der Waals surface area contributed by atoms with Crippen LogP contribution in [0.25, 0.3) is 0 Å². The van der Waals surface area contributed by atoms with Gasteiger partial charge in [0.1, 0.15) is 18.1 Å². The maximum absolute atomic E-state index is 14.6. The summed E-state index contributed by atoms with van der Waals surface area (Å²) < 4.78 is 10.1. The first-order valence-corrected chi connectivity index (χ1v) is 22.5. The molecule has 4 N–H and O–H groups in total. The number of methoxy groups -OCH3 is 1. The Labute approximate surface area is 351 Å². The zero-order valence-electron chi connectivity index (χ0n) is 34.5. The SMILES string of the molecule is CCCC(NC(=O)C1CC2(CN1C(=O)C(NC(=O)OCC(C)C)C1CCCCC1)SCCCS2)C(=O)C(=O)NCC(=O)NC(C(=O)N(C)CCOC)c1ccccc1. The number of nitrogens with zero attached hydrogens (tertiary/aromatic N) is 2. The van der Waals surface area contributed by atoms with Gasteiger partial charge in [0.15, 0.2) is 0 Å². The van der Waals surface area contributed by atoms with Crippen LogP contribution in [-0.4, -0.2) is 132 Å². The van der Waals surface area contributed by atoms with Crippen LogP contribution in [0.2, 0.25) is 0 Å². The van der Waals surface area contributed by atoms with Crippen molar-refractivity contribution in [3.63, 3.8) is 0 Å². The number of likely N-dealkylation sites (N-methyl/N-ethyl adjacent to an activating group) is 1. The summed E-state index contributed by atoms with van der Waals surface area (Å²) in [6, 6.07) is 4.58. The molecule has 1 aromatic rings. The minimum Gasteiger partial charge on any atom is -0.449 e. The van der Waals surface area contributed by atoms with Gasteiger partial charge in [0.2, 0.25) is 29.4 Å². The van der Waals surface area contributed by atoms with Gasteiger partial charge in [-0.15, -0.1) is 23.5 Å². The highest BCUT2D eigenvalue weighted by molar-refractivity contribution is 8.18. The Kier molecular flexibility index (Phi) is 18.7. The monoisotopic (exact) mass is 846 g/mol. The Hall–Kier alpha value is -3.83. The summed E-state index contributed by atoms with van der Waals surface area (Å²) >= 11 is 3.45. The molecule has 4 atom stereocenters. The molecular formula is C41H62N6O9S2. The van der Waals surface area contributed by atoms with Crippen molar-refractivity contribution in [1.82, 2.24) is 31.1 Å². The number of rotatable bonds is 19. The van der Waals surface area contributed by atoms with E-state index in [0.29, 0.717) is 38.1 Å². The molecule has 6 amide bonds. The lowest BCUT2D eigenvalue weighted by Crippen LogP contribution is -2.58. The second-order valence-electron chi connectivity index (χ2n) is 15.7. The lowest BCUT2D eigenvalue weighted by molar-refractivity contribution is -0.143. The van der Waals surface area contributed by atoms with Crippen LogP contribution in [0.5, 0.6) is 0 Å². The molecular weight excluding hydrogens is 785 g/mol. The molecule has 0 aromatic heterocycles. The predicted octanol–water partition coefficient (Wildman–Crippen LogP) is 3.42. The minimum absolute atomic E-state index is 0.112. The van der Waals surface area contributed by atoms with Crippen LogP contribution in [0.15, 0.2) is 30.3 Å². The number of ketones is 1. The van der Waals surface area contributed by atoms with E-state index in [0.717, 1.165) is 50.0 Å². The van der Waals surface area contributed by atoms with Gasteiger partial charge in [0, 0.05) is 33.7 Å². The molecule has 15 nitrogen and oxygen atoms in total. The number of nitrogens with one attached hydrogen (secondary N) is 4. The molecule has 0 radical (unpaired) electrons. The molecule has 2 aliphatic heterocycles. The summed E-state index contributed by atoms with van der Waals surface area (Å²) in [6.07, 6.45) is 5.71. The topological polar surface area (TPSA) is 193 Å². The van der Waals surface area contributed by atoms with Gasteiger partial charge in [-0.3, -0.25) is 28.8 Å². The third-order valence-electron chi connectivity index (χ3n) is 10.6. The average Bonchev–Trinajstić information content (AvgIpc) is 3.60. The Morgan fingerprint density at radius 1 is 0.948 bits per heavy atom. The van der Waals surface area contributed by atoms with Crippen LogP contribution in [0.3, 0.4) is 0 Å². The van der Waals surface area contributed by atoms with E-state index in [2.05, 4.69) is 21.3 Å². The lowest BCUT2D eigenvalue weighted by Gasteiger charge is -2.35. The highest BCUT2D eigenvalue weighted by Gasteiger charge is 2.52. The molecule has 3 fully saturated rings. The lowest BCUT2D eigenvalue weighted by atomic mass is 9.83. The van der Waals surface area contributed by atoms with Gasteiger partial charge >= 0.3 is 6.09 Å². The van der Waals surface area contributed by atoms with Crippen molar-refractivity contribution in [1.29, 1.82) is 0 Å². The Balaban J connectivity index is 1.47. The van der Waals surface area contributed by atoms with Crippen LogP contribution < -0.4 is 21.3 Å². The van der Waals surface area contributed by atoms with Crippen molar-refractivity contribution in [2.24, 2.45) is 11.8 Å². The summed E-state index contributed by atoms with van der Waals surface area (Å²) in [7, 11) is 3.11. The molecule has 4 rings (SSSR count). The standard InChI is InChI=1S/C41H62N6O9S2/c1-6-14-30(35(49)37(51)42-24-32(48)44-33(28-15-9-7-10-16-28)38(52)46(4)19-20-55-5)43-36(50)31-23-41(57-21-13-22-58-41)26-47(31)39(53)34(29-17-11-8-12-18-29)45-40(54)56-25-27(2)3/h7,9-10,15-16,27,29-31,33-34H,6,8,11-14,17-26H2,1-5H3,(H,42,51)(H,43,50)(H,44,48)(H,45,54). The van der Waals surface area contributed by atoms with E-state index in [1.165, 1.54) is 12.0 Å². The second kappa shape index (κ2) is 23.1. The minimum atomic E-state index is -1.22. The molecule has 1 aromatic carbocycles. The molecule has 0 bridgehead atoms. The van der Waals surface area contributed by atoms with Gasteiger partial charge in [-0.1, -0.05) is 76.8 Å². The van der Waals surface area contributed by atoms with Crippen molar-refractivity contribution in [3.8, 4) is 0 Å². The Morgan fingerprint density at radius 3 is 2.28 bits per heavy atom. The normalized spacial score (nSPS) is 19.4. The predicted molar refractivity (Wildman–Crippen MR) is 224 cm³/mol.